The van der Waals surface area contributed by atoms with Crippen LogP contribution >= 0.6 is 0 Å². The molecule has 1 saturated carbocycles. The lowest BCUT2D eigenvalue weighted by Crippen LogP contribution is -2.19. The number of hydrogen-bond acceptors (Lipinski definition) is 1. The standard InChI is InChI=1S/C11H25NSi/c1-13(12)10-6-5-9-11-7-3-2-4-8-11/h11,13H,2-10,12H2,1H3. The van der Waals surface area contributed by atoms with Gasteiger partial charge >= 0.3 is 0 Å². The van der Waals surface area contributed by atoms with Gasteiger partial charge in [0.15, 0.2) is 0 Å². The first-order valence-electron chi connectivity index (χ1n) is 6.04. The van der Waals surface area contributed by atoms with Crippen molar-refractivity contribution in [2.24, 2.45) is 11.3 Å². The van der Waals surface area contributed by atoms with Crippen molar-refractivity contribution in [2.75, 3.05) is 0 Å². The van der Waals surface area contributed by atoms with Crippen LogP contribution in [0.4, 0.5) is 0 Å². The highest BCUT2D eigenvalue weighted by molar-refractivity contribution is 6.53. The molecule has 1 aliphatic rings. The van der Waals surface area contributed by atoms with Gasteiger partial charge in [-0.2, -0.15) is 0 Å². The summed E-state index contributed by atoms with van der Waals surface area (Å²) in [4.78, 5) is 0. The molecule has 13 heavy (non-hydrogen) atoms. The largest absolute Gasteiger partial charge is 0.353 e. The van der Waals surface area contributed by atoms with E-state index >= 15 is 0 Å². The Labute approximate surface area is 84.8 Å². The fraction of sp³-hybridized carbons (Fsp3) is 1.00. The van der Waals surface area contributed by atoms with Crippen molar-refractivity contribution < 1.29 is 0 Å². The van der Waals surface area contributed by atoms with Gasteiger partial charge in [-0.1, -0.05) is 57.9 Å². The lowest BCUT2D eigenvalue weighted by atomic mass is 9.86. The van der Waals surface area contributed by atoms with E-state index in [0.717, 1.165) is 5.92 Å². The van der Waals surface area contributed by atoms with Gasteiger partial charge in [-0.15, -0.1) is 0 Å². The Morgan fingerprint density at radius 1 is 1.15 bits per heavy atom. The maximum absolute atomic E-state index is 5.85. The normalized spacial score (nSPS) is 21.7. The van der Waals surface area contributed by atoms with Crippen LogP contribution in [0.1, 0.15) is 51.4 Å². The Hall–Kier alpha value is 0.177. The van der Waals surface area contributed by atoms with Crippen molar-refractivity contribution in [1.82, 2.24) is 0 Å². The molecule has 1 aliphatic carbocycles. The topological polar surface area (TPSA) is 26.0 Å². The van der Waals surface area contributed by atoms with E-state index in [4.69, 9.17) is 5.40 Å². The van der Waals surface area contributed by atoms with E-state index in [0.29, 0.717) is 0 Å². The van der Waals surface area contributed by atoms with Gasteiger partial charge in [0.05, 0.1) is 0 Å². The van der Waals surface area contributed by atoms with Crippen molar-refractivity contribution in [1.29, 1.82) is 0 Å². The lowest BCUT2D eigenvalue weighted by molar-refractivity contribution is 0.331. The summed E-state index contributed by atoms with van der Waals surface area (Å²) in [6.45, 7) is 2.25. The summed E-state index contributed by atoms with van der Waals surface area (Å²) in [6.07, 6.45) is 11.8. The second kappa shape index (κ2) is 6.60. The summed E-state index contributed by atoms with van der Waals surface area (Å²) in [6, 6.07) is 1.35. The molecule has 0 aromatic rings. The minimum absolute atomic E-state index is 0.745. The predicted octanol–water partition coefficient (Wildman–Crippen LogP) is 3.05. The summed E-state index contributed by atoms with van der Waals surface area (Å²) >= 11 is 0. The molecule has 1 unspecified atom stereocenters. The van der Waals surface area contributed by atoms with Gasteiger partial charge < -0.3 is 5.40 Å². The van der Waals surface area contributed by atoms with Gasteiger partial charge in [-0.05, 0) is 12.0 Å². The molecule has 0 bridgehead atoms. The minimum Gasteiger partial charge on any atom is -0.353 e. The SMILES string of the molecule is C[SiH](N)CCCCC1CCCCC1. The van der Waals surface area contributed by atoms with Crippen LogP contribution in [-0.4, -0.2) is 8.96 Å². The molecule has 0 saturated heterocycles. The number of rotatable bonds is 5. The van der Waals surface area contributed by atoms with Gasteiger partial charge in [-0.25, -0.2) is 0 Å². The van der Waals surface area contributed by atoms with Crippen LogP contribution in [0, 0.1) is 5.92 Å². The summed E-state index contributed by atoms with van der Waals surface area (Å²) in [5.74, 6) is 1.07. The smallest absolute Gasteiger partial charge is 0.103 e. The maximum atomic E-state index is 5.85. The molecule has 0 spiro atoms. The molecule has 1 fully saturated rings. The molecule has 78 valence electrons. The highest BCUT2D eigenvalue weighted by Gasteiger charge is 2.12. The lowest BCUT2D eigenvalue weighted by Gasteiger charge is -2.21. The van der Waals surface area contributed by atoms with E-state index in [1.807, 2.05) is 0 Å². The Kier molecular flexibility index (Phi) is 5.72. The van der Waals surface area contributed by atoms with Gasteiger partial charge in [-0.3, -0.25) is 0 Å². The quantitative estimate of drug-likeness (QED) is 0.534. The number of hydrogen-bond donors (Lipinski definition) is 1. The fourth-order valence-electron chi connectivity index (χ4n) is 2.38. The van der Waals surface area contributed by atoms with Crippen LogP contribution in [-0.2, 0) is 0 Å². The second-order valence-corrected chi connectivity index (χ2v) is 7.30. The minimum atomic E-state index is -0.745. The van der Waals surface area contributed by atoms with E-state index in [1.165, 1.54) is 57.4 Å². The highest BCUT2D eigenvalue weighted by atomic mass is 28.3. The highest BCUT2D eigenvalue weighted by Crippen LogP contribution is 2.27. The zero-order chi connectivity index (χ0) is 9.52. The van der Waals surface area contributed by atoms with E-state index < -0.39 is 8.96 Å². The van der Waals surface area contributed by atoms with Crippen LogP contribution in [0.25, 0.3) is 0 Å². The fourth-order valence-corrected chi connectivity index (χ4v) is 3.31. The van der Waals surface area contributed by atoms with E-state index in [-0.39, 0.29) is 0 Å². The molecule has 2 N–H and O–H groups in total. The molecule has 0 heterocycles. The zero-order valence-corrected chi connectivity index (χ0v) is 10.3. The van der Waals surface area contributed by atoms with Gasteiger partial charge in [0, 0.05) is 0 Å². The Bertz CT molecular complexity index is 119. The summed E-state index contributed by atoms with van der Waals surface area (Å²) in [7, 11) is -0.745. The molecule has 0 amide bonds. The molecule has 0 aromatic heterocycles. The molecular weight excluding hydrogens is 174 g/mol. The molecule has 1 rings (SSSR count). The average Bonchev–Trinajstić information content (AvgIpc) is 2.14. The third-order valence-corrected chi connectivity index (χ3v) is 4.57. The van der Waals surface area contributed by atoms with Crippen molar-refractivity contribution in [3.05, 3.63) is 0 Å². The Balaban J connectivity index is 1.92. The summed E-state index contributed by atoms with van der Waals surface area (Å²) < 4.78 is 0. The molecule has 0 radical (unpaired) electrons. The van der Waals surface area contributed by atoms with Crippen molar-refractivity contribution in [3.63, 3.8) is 0 Å². The molecule has 1 atom stereocenters. The molecular formula is C11H25NSi. The van der Waals surface area contributed by atoms with Crippen LogP contribution < -0.4 is 5.40 Å². The maximum Gasteiger partial charge on any atom is 0.103 e. The van der Waals surface area contributed by atoms with Crippen molar-refractivity contribution in [2.45, 2.75) is 64.0 Å². The van der Waals surface area contributed by atoms with E-state index in [1.54, 1.807) is 0 Å². The van der Waals surface area contributed by atoms with Crippen molar-refractivity contribution >= 4 is 8.96 Å². The van der Waals surface area contributed by atoms with Crippen LogP contribution in [0.2, 0.25) is 12.6 Å². The average molecular weight is 199 g/mol. The third kappa shape index (κ3) is 5.48. The molecule has 1 nitrogen and oxygen atoms in total. The molecule has 2 heteroatoms. The Morgan fingerprint density at radius 2 is 1.85 bits per heavy atom. The summed E-state index contributed by atoms with van der Waals surface area (Å²) in [5.41, 5.74) is 0. The van der Waals surface area contributed by atoms with Crippen LogP contribution in [0.3, 0.4) is 0 Å². The molecule has 0 aliphatic heterocycles. The first-order chi connectivity index (χ1) is 6.29. The van der Waals surface area contributed by atoms with Crippen LogP contribution in [0.15, 0.2) is 0 Å². The first kappa shape index (κ1) is 11.3. The van der Waals surface area contributed by atoms with Crippen LogP contribution in [0.5, 0.6) is 0 Å². The molecule has 0 aromatic carbocycles. The summed E-state index contributed by atoms with van der Waals surface area (Å²) in [5, 5.41) is 5.85. The van der Waals surface area contributed by atoms with E-state index in [9.17, 15) is 0 Å². The number of nitrogens with two attached hydrogens (primary N) is 1. The monoisotopic (exact) mass is 199 g/mol. The Morgan fingerprint density at radius 3 is 2.46 bits per heavy atom. The number of unbranched alkanes of at least 4 members (excludes halogenated alkanes) is 1. The second-order valence-electron chi connectivity index (χ2n) is 4.77. The first-order valence-corrected chi connectivity index (χ1v) is 8.68. The zero-order valence-electron chi connectivity index (χ0n) is 9.10. The van der Waals surface area contributed by atoms with Gasteiger partial charge in [0.1, 0.15) is 8.96 Å². The van der Waals surface area contributed by atoms with E-state index in [2.05, 4.69) is 6.55 Å². The van der Waals surface area contributed by atoms with Gasteiger partial charge in [0.2, 0.25) is 0 Å². The third-order valence-electron chi connectivity index (χ3n) is 3.25. The van der Waals surface area contributed by atoms with Crippen molar-refractivity contribution in [3.8, 4) is 0 Å². The van der Waals surface area contributed by atoms with Gasteiger partial charge in [0.25, 0.3) is 0 Å². The predicted molar refractivity (Wildman–Crippen MR) is 62.4 cm³/mol.